The van der Waals surface area contributed by atoms with E-state index in [0.717, 1.165) is 0 Å². The number of nitrogens with zero attached hydrogens (tertiary/aromatic N) is 8. The number of carbonyl (C=O) groups is 8. The lowest BCUT2D eigenvalue weighted by Crippen LogP contribution is -2.61. The third kappa shape index (κ3) is 23.6. The lowest BCUT2D eigenvalue weighted by molar-refractivity contribution is -0.262. The molecule has 686 valence electrons. The van der Waals surface area contributed by atoms with Crippen molar-refractivity contribution in [1.82, 2.24) is 40.5 Å². The van der Waals surface area contributed by atoms with E-state index in [2.05, 4.69) is 0 Å². The molecule has 2 unspecified atom stereocenters. The number of hydroxylamine groups is 16. The van der Waals surface area contributed by atoms with E-state index in [0.29, 0.717) is 25.7 Å². The van der Waals surface area contributed by atoms with Gasteiger partial charge in [0.15, 0.2) is 11.8 Å². The predicted molar refractivity (Wildman–Crippen MR) is 435 cm³/mol. The molecule has 2 atom stereocenters. The molecule has 0 bridgehead atoms. The van der Waals surface area contributed by atoms with E-state index in [1.807, 2.05) is 222 Å². The summed E-state index contributed by atoms with van der Waals surface area (Å²) < 4.78 is 48.8. The standard InChI is InChI=1S/C44H78N4O12.C43H76N4O12/c1-37(2)19-27(20-38(3,4)45(37)53)57-33(49)17-31(35(51)59-29-23-41(9,10)47(55)42(11,12)24-29)32(36(52)60-30-25-43(13,14)48(56)44(15,16)26-30)18-34(50)58-28-21-39(5,6)46(54)40(7,8)22-28;1-36(2)18-26(19-37(3,4)44(36)52)56-32(48)30(33(49)57-27-20-38(5,6)45(53)39(7,8)21-27)17-31(34(50)58-28-22-40(9,10)46(54)41(11,12)23-28)35(51)59-29-24-42(13,14)47(55)43(15,16)25-29/h27-32,53-56H,17-26H2,1-16H3;26-31,52-55H,17-25H2,1-16H3. The number of hydrogen-bond acceptors (Lipinski definition) is 32. The molecule has 8 saturated heterocycles. The van der Waals surface area contributed by atoms with Crippen molar-refractivity contribution >= 4 is 47.8 Å². The number of rotatable bonds is 21. The number of piperidine rings is 8. The Morgan fingerprint density at radius 3 is 0.445 bits per heavy atom. The number of hydrogen-bond donors (Lipinski definition) is 8. The molecule has 0 aromatic rings. The summed E-state index contributed by atoms with van der Waals surface area (Å²) in [6, 6.07) is 0. The average molecular weight is 1700 g/mol. The van der Waals surface area contributed by atoms with Crippen LogP contribution in [0, 0.1) is 23.7 Å². The van der Waals surface area contributed by atoms with Gasteiger partial charge in [-0.1, -0.05) is 0 Å². The van der Waals surface area contributed by atoms with Crippen LogP contribution in [0.5, 0.6) is 0 Å². The van der Waals surface area contributed by atoms with E-state index in [-0.39, 0.29) is 77.0 Å². The van der Waals surface area contributed by atoms with Crippen molar-refractivity contribution in [1.29, 1.82) is 0 Å². The number of carbonyl (C=O) groups excluding carboxylic acids is 8. The molecule has 0 spiro atoms. The van der Waals surface area contributed by atoms with E-state index >= 15 is 0 Å². The molecule has 8 N–H and O–H groups in total. The molecule has 0 aromatic heterocycles. The van der Waals surface area contributed by atoms with Gasteiger partial charge in [-0.3, -0.25) is 38.4 Å². The van der Waals surface area contributed by atoms with Crippen LogP contribution in [0.3, 0.4) is 0 Å². The van der Waals surface area contributed by atoms with E-state index in [1.54, 1.807) is 0 Å². The van der Waals surface area contributed by atoms with Gasteiger partial charge >= 0.3 is 47.8 Å². The summed E-state index contributed by atoms with van der Waals surface area (Å²) in [7, 11) is 0. The van der Waals surface area contributed by atoms with Crippen molar-refractivity contribution in [2.75, 3.05) is 0 Å². The van der Waals surface area contributed by atoms with Gasteiger partial charge < -0.3 is 79.6 Å². The van der Waals surface area contributed by atoms with Crippen molar-refractivity contribution in [3.63, 3.8) is 0 Å². The second kappa shape index (κ2) is 34.8. The fraction of sp³-hybridized carbons (Fsp3) is 0.908. The Hall–Kier alpha value is -4.88. The molecule has 32 heteroatoms. The molecule has 8 aliphatic rings. The third-order valence-electron chi connectivity index (χ3n) is 26.6. The molecular weight excluding hydrogens is 1540 g/mol. The van der Waals surface area contributed by atoms with Gasteiger partial charge in [-0.25, -0.2) is 0 Å². The maximum atomic E-state index is 14.7. The lowest BCUT2D eigenvalue weighted by Gasteiger charge is -2.51. The summed E-state index contributed by atoms with van der Waals surface area (Å²) in [5, 5.41) is 97.4. The van der Waals surface area contributed by atoms with Gasteiger partial charge in [0.25, 0.3) is 0 Å². The SMILES string of the molecule is CC1(C)CC(OC(=O)C(CC(C(=O)OC2CC(C)(C)N(O)C(C)(C)C2)C(=O)OC2CC(C)(C)N(O)C(C)(C)C2)C(=O)OC2CC(C)(C)N(O)C(C)(C)C2)CC(C)(C)N1O.CC1(C)CC(OC(=O)CC(C(=O)OC2CC(C)(C)N(O)C(C)(C)C2)C(CC(=O)OC2CC(C)(C)N(O)C(C)(C)C2)C(=O)OC2CC(C)(C)N(O)C(C)(C)C2)CC(C)(C)N1O. The molecule has 8 aliphatic heterocycles. The average Bonchev–Trinajstić information content (AvgIpc) is 0.782. The van der Waals surface area contributed by atoms with Crippen molar-refractivity contribution in [2.24, 2.45) is 23.7 Å². The highest BCUT2D eigenvalue weighted by Gasteiger charge is 2.58. The molecule has 0 saturated carbocycles. The zero-order valence-corrected chi connectivity index (χ0v) is 78.1. The normalized spacial score (nSPS) is 27.9. The highest BCUT2D eigenvalue weighted by Crippen LogP contribution is 2.48. The fourth-order valence-corrected chi connectivity index (χ4v) is 22.0. The van der Waals surface area contributed by atoms with Crippen LogP contribution < -0.4 is 0 Å². The van der Waals surface area contributed by atoms with Gasteiger partial charge in [-0.05, 0) is 228 Å². The first-order valence-electron chi connectivity index (χ1n) is 42.9. The minimum Gasteiger partial charge on any atom is -0.462 e. The summed E-state index contributed by atoms with van der Waals surface area (Å²) in [6.45, 7) is 58.3. The molecule has 8 rings (SSSR count). The Morgan fingerprint density at radius 2 is 0.319 bits per heavy atom. The second-order valence-electron chi connectivity index (χ2n) is 46.3. The molecule has 8 heterocycles. The van der Waals surface area contributed by atoms with Crippen LogP contribution in [0.15, 0.2) is 0 Å². The Balaban J connectivity index is 0.000000328. The maximum Gasteiger partial charge on any atom is 0.320 e. The van der Waals surface area contributed by atoms with Gasteiger partial charge in [0.2, 0.25) is 0 Å². The Morgan fingerprint density at radius 1 is 0.210 bits per heavy atom. The fourth-order valence-electron chi connectivity index (χ4n) is 22.0. The molecule has 32 nitrogen and oxygen atoms in total. The van der Waals surface area contributed by atoms with Crippen LogP contribution >= 0.6 is 0 Å². The largest absolute Gasteiger partial charge is 0.462 e. The van der Waals surface area contributed by atoms with E-state index < -0.39 is 228 Å². The highest BCUT2D eigenvalue weighted by molar-refractivity contribution is 6.00. The van der Waals surface area contributed by atoms with Crippen LogP contribution in [0.25, 0.3) is 0 Å². The molecule has 0 aliphatic carbocycles. The third-order valence-corrected chi connectivity index (χ3v) is 26.6. The van der Waals surface area contributed by atoms with Crippen molar-refractivity contribution in [2.45, 2.75) is 481 Å². The number of ether oxygens (including phenoxy) is 8. The van der Waals surface area contributed by atoms with Crippen LogP contribution in [0.2, 0.25) is 0 Å². The Kier molecular flexibility index (Phi) is 29.6. The zero-order valence-electron chi connectivity index (χ0n) is 78.1. The Labute approximate surface area is 707 Å². The minimum atomic E-state index is -1.77. The van der Waals surface area contributed by atoms with Gasteiger partial charge in [-0.2, -0.15) is 40.5 Å². The molecule has 119 heavy (non-hydrogen) atoms. The number of esters is 8. The monoisotopic (exact) mass is 1700 g/mol. The molecule has 0 aromatic carbocycles. The van der Waals surface area contributed by atoms with Crippen LogP contribution in [-0.2, 0) is 76.3 Å². The van der Waals surface area contributed by atoms with Crippen molar-refractivity contribution < 1.29 is 118 Å². The van der Waals surface area contributed by atoms with Crippen LogP contribution in [0.1, 0.15) is 344 Å². The van der Waals surface area contributed by atoms with Crippen LogP contribution in [0.4, 0.5) is 0 Å². The first-order valence-corrected chi connectivity index (χ1v) is 42.9. The van der Waals surface area contributed by atoms with Crippen molar-refractivity contribution in [3.8, 4) is 0 Å². The van der Waals surface area contributed by atoms with Gasteiger partial charge in [-0.15, -0.1) is 0 Å². The summed E-state index contributed by atoms with van der Waals surface area (Å²) in [6.07, 6.45) is -3.54. The van der Waals surface area contributed by atoms with E-state index in [9.17, 15) is 80.0 Å². The Bertz CT molecular complexity index is 3170. The molecule has 0 amide bonds. The topological polar surface area (TPSA) is 398 Å². The second-order valence-corrected chi connectivity index (χ2v) is 46.3. The maximum absolute atomic E-state index is 14.7. The smallest absolute Gasteiger partial charge is 0.320 e. The van der Waals surface area contributed by atoms with Gasteiger partial charge in [0.05, 0.1) is 24.7 Å². The van der Waals surface area contributed by atoms with Crippen molar-refractivity contribution in [3.05, 3.63) is 0 Å². The van der Waals surface area contributed by atoms with Gasteiger partial charge in [0, 0.05) is 191 Å². The van der Waals surface area contributed by atoms with E-state index in [4.69, 9.17) is 37.9 Å². The van der Waals surface area contributed by atoms with Crippen LogP contribution in [-0.4, -0.2) is 267 Å². The molecule has 0 radical (unpaired) electrons. The first kappa shape index (κ1) is 101. The lowest BCUT2D eigenvalue weighted by atomic mass is 9.79. The molecular formula is C87H154N8O24. The predicted octanol–water partition coefficient (Wildman–Crippen LogP) is 13.2. The minimum absolute atomic E-state index is 0.232. The first-order chi connectivity index (χ1) is 53.4. The summed E-state index contributed by atoms with van der Waals surface area (Å²) >= 11 is 0. The van der Waals surface area contributed by atoms with Gasteiger partial charge in [0.1, 0.15) is 48.8 Å². The summed E-state index contributed by atoms with van der Waals surface area (Å²) in [5.74, 6) is -13.9. The molecule has 8 fully saturated rings. The summed E-state index contributed by atoms with van der Waals surface area (Å²) in [5.41, 5.74) is -12.6. The summed E-state index contributed by atoms with van der Waals surface area (Å²) in [4.78, 5) is 115. The quantitative estimate of drug-likeness (QED) is 0.0300. The zero-order chi connectivity index (χ0) is 91.3. The van der Waals surface area contributed by atoms with E-state index in [1.165, 1.54) is 40.5 Å². The highest BCUT2D eigenvalue weighted by atomic mass is 16.6.